The van der Waals surface area contributed by atoms with E-state index in [1.807, 2.05) is 61.5 Å². The molecule has 2 heterocycles. The summed E-state index contributed by atoms with van der Waals surface area (Å²) in [5.74, 6) is 0. The summed E-state index contributed by atoms with van der Waals surface area (Å²) in [6.07, 6.45) is 0. The van der Waals surface area contributed by atoms with Crippen LogP contribution >= 0.6 is 0 Å². The Kier molecular flexibility index (Phi) is 2.48. The molecule has 0 aliphatic carbocycles. The standard InChI is InChI=1S/C18H13NO2/c1-11-5-4-7-13-9-14(18(20)21-17(11)13)16-10-12-6-2-3-8-15(12)19-16/h2-10,19H,1H3. The molecular weight excluding hydrogens is 262 g/mol. The number of benzene rings is 2. The highest BCUT2D eigenvalue weighted by atomic mass is 16.4. The summed E-state index contributed by atoms with van der Waals surface area (Å²) >= 11 is 0. The van der Waals surface area contributed by atoms with Gasteiger partial charge in [0.2, 0.25) is 0 Å². The molecule has 0 amide bonds. The maximum Gasteiger partial charge on any atom is 0.345 e. The third kappa shape index (κ3) is 1.86. The molecule has 1 N–H and O–H groups in total. The number of para-hydroxylation sites is 2. The van der Waals surface area contributed by atoms with Gasteiger partial charge in [-0.1, -0.05) is 36.4 Å². The Hall–Kier alpha value is -2.81. The van der Waals surface area contributed by atoms with Gasteiger partial charge in [-0.25, -0.2) is 4.79 Å². The number of fused-ring (bicyclic) bond motifs is 2. The van der Waals surface area contributed by atoms with Crippen LogP contribution in [-0.4, -0.2) is 4.98 Å². The highest BCUT2D eigenvalue weighted by Gasteiger charge is 2.11. The van der Waals surface area contributed by atoms with Gasteiger partial charge in [0.15, 0.2) is 0 Å². The predicted octanol–water partition coefficient (Wildman–Crippen LogP) is 4.25. The average Bonchev–Trinajstić information content (AvgIpc) is 2.91. The summed E-state index contributed by atoms with van der Waals surface area (Å²) in [5, 5.41) is 2.01. The minimum atomic E-state index is -0.316. The van der Waals surface area contributed by atoms with Crippen molar-refractivity contribution in [1.82, 2.24) is 4.98 Å². The fraction of sp³-hybridized carbons (Fsp3) is 0.0556. The van der Waals surface area contributed by atoms with E-state index in [-0.39, 0.29) is 5.63 Å². The monoisotopic (exact) mass is 275 g/mol. The van der Waals surface area contributed by atoms with Crippen molar-refractivity contribution < 1.29 is 4.42 Å². The number of H-pyrrole nitrogens is 1. The Balaban J connectivity index is 2.01. The Labute approximate surface area is 120 Å². The van der Waals surface area contributed by atoms with Gasteiger partial charge < -0.3 is 9.40 Å². The SMILES string of the molecule is Cc1cccc2cc(-c3cc4ccccc4[nH]3)c(=O)oc12. The van der Waals surface area contributed by atoms with E-state index < -0.39 is 0 Å². The van der Waals surface area contributed by atoms with Gasteiger partial charge in [-0.15, -0.1) is 0 Å². The zero-order chi connectivity index (χ0) is 14.4. The number of nitrogens with one attached hydrogen (secondary N) is 1. The van der Waals surface area contributed by atoms with Crippen molar-refractivity contribution in [2.75, 3.05) is 0 Å². The van der Waals surface area contributed by atoms with Crippen LogP contribution in [0.3, 0.4) is 0 Å². The van der Waals surface area contributed by atoms with Gasteiger partial charge in [0.05, 0.1) is 11.3 Å². The Bertz CT molecular complexity index is 991. The zero-order valence-electron chi connectivity index (χ0n) is 11.5. The molecule has 0 bridgehead atoms. The van der Waals surface area contributed by atoms with Gasteiger partial charge >= 0.3 is 5.63 Å². The van der Waals surface area contributed by atoms with Crippen molar-refractivity contribution in [3.63, 3.8) is 0 Å². The van der Waals surface area contributed by atoms with Crippen LogP contribution in [0.1, 0.15) is 5.56 Å². The van der Waals surface area contributed by atoms with E-state index in [2.05, 4.69) is 4.98 Å². The van der Waals surface area contributed by atoms with E-state index in [1.54, 1.807) is 0 Å². The third-order valence-electron chi connectivity index (χ3n) is 3.78. The van der Waals surface area contributed by atoms with E-state index >= 15 is 0 Å². The van der Waals surface area contributed by atoms with Crippen molar-refractivity contribution >= 4 is 21.9 Å². The lowest BCUT2D eigenvalue weighted by molar-refractivity contribution is 0.561. The summed E-state index contributed by atoms with van der Waals surface area (Å²) in [6.45, 7) is 1.94. The minimum absolute atomic E-state index is 0.316. The number of hydrogen-bond acceptors (Lipinski definition) is 2. The first-order chi connectivity index (χ1) is 10.2. The number of aryl methyl sites for hydroxylation is 1. The van der Waals surface area contributed by atoms with Crippen LogP contribution in [0.4, 0.5) is 0 Å². The molecule has 2 aromatic carbocycles. The molecule has 0 atom stereocenters. The van der Waals surface area contributed by atoms with Crippen LogP contribution < -0.4 is 5.63 Å². The molecular formula is C18H13NO2. The maximum absolute atomic E-state index is 12.3. The molecule has 0 spiro atoms. The van der Waals surface area contributed by atoms with Crippen molar-refractivity contribution in [3.05, 3.63) is 70.6 Å². The number of aromatic nitrogens is 1. The van der Waals surface area contributed by atoms with Gasteiger partial charge in [-0.05, 0) is 30.7 Å². The topological polar surface area (TPSA) is 46.0 Å². The summed E-state index contributed by atoms with van der Waals surface area (Å²) in [5.41, 5.74) is 3.66. The molecule has 102 valence electrons. The molecule has 0 saturated heterocycles. The van der Waals surface area contributed by atoms with Crippen LogP contribution in [0.25, 0.3) is 33.1 Å². The Morgan fingerprint density at radius 2 is 1.76 bits per heavy atom. The Morgan fingerprint density at radius 1 is 0.952 bits per heavy atom. The molecule has 0 radical (unpaired) electrons. The van der Waals surface area contributed by atoms with Gasteiger partial charge in [-0.2, -0.15) is 0 Å². The predicted molar refractivity (Wildman–Crippen MR) is 84.5 cm³/mol. The third-order valence-corrected chi connectivity index (χ3v) is 3.78. The van der Waals surface area contributed by atoms with Crippen LogP contribution in [0.15, 0.2) is 63.8 Å². The van der Waals surface area contributed by atoms with E-state index in [1.165, 1.54) is 0 Å². The zero-order valence-corrected chi connectivity index (χ0v) is 11.5. The molecule has 3 heteroatoms. The maximum atomic E-state index is 12.3. The number of hydrogen-bond donors (Lipinski definition) is 1. The van der Waals surface area contributed by atoms with E-state index in [0.29, 0.717) is 11.1 Å². The lowest BCUT2D eigenvalue weighted by Crippen LogP contribution is -2.03. The molecule has 0 aliphatic rings. The second-order valence-corrected chi connectivity index (χ2v) is 5.21. The fourth-order valence-electron chi connectivity index (χ4n) is 2.70. The quantitative estimate of drug-likeness (QED) is 0.528. The first-order valence-electron chi connectivity index (χ1n) is 6.84. The molecule has 4 aromatic rings. The first-order valence-corrected chi connectivity index (χ1v) is 6.84. The van der Waals surface area contributed by atoms with E-state index in [4.69, 9.17) is 4.42 Å². The normalized spacial score (nSPS) is 11.3. The Morgan fingerprint density at radius 3 is 2.62 bits per heavy atom. The van der Waals surface area contributed by atoms with E-state index in [9.17, 15) is 4.79 Å². The van der Waals surface area contributed by atoms with Crippen molar-refractivity contribution in [2.24, 2.45) is 0 Å². The van der Waals surface area contributed by atoms with Gasteiger partial charge in [0, 0.05) is 16.3 Å². The second-order valence-electron chi connectivity index (χ2n) is 5.21. The summed E-state index contributed by atoms with van der Waals surface area (Å²) in [6, 6.07) is 17.7. The summed E-state index contributed by atoms with van der Waals surface area (Å²) < 4.78 is 5.50. The van der Waals surface area contributed by atoms with Crippen molar-refractivity contribution in [3.8, 4) is 11.3 Å². The second kappa shape index (κ2) is 4.35. The molecule has 4 rings (SSSR count). The summed E-state index contributed by atoms with van der Waals surface area (Å²) in [7, 11) is 0. The molecule has 0 aliphatic heterocycles. The van der Waals surface area contributed by atoms with Crippen LogP contribution in [0.2, 0.25) is 0 Å². The molecule has 3 nitrogen and oxygen atoms in total. The largest absolute Gasteiger partial charge is 0.422 e. The highest BCUT2D eigenvalue weighted by molar-refractivity contribution is 5.88. The lowest BCUT2D eigenvalue weighted by Gasteiger charge is -2.02. The van der Waals surface area contributed by atoms with Crippen molar-refractivity contribution in [1.29, 1.82) is 0 Å². The molecule has 0 fully saturated rings. The van der Waals surface area contributed by atoms with Crippen LogP contribution in [0, 0.1) is 6.92 Å². The van der Waals surface area contributed by atoms with Gasteiger partial charge in [-0.3, -0.25) is 0 Å². The molecule has 0 unspecified atom stereocenters. The smallest absolute Gasteiger partial charge is 0.345 e. The molecule has 0 saturated carbocycles. The minimum Gasteiger partial charge on any atom is -0.422 e. The first kappa shape index (κ1) is 12.0. The lowest BCUT2D eigenvalue weighted by atomic mass is 10.1. The summed E-state index contributed by atoms with van der Waals surface area (Å²) in [4.78, 5) is 15.5. The molecule has 21 heavy (non-hydrogen) atoms. The van der Waals surface area contributed by atoms with Gasteiger partial charge in [0.1, 0.15) is 5.58 Å². The number of aromatic amines is 1. The molecule has 2 aromatic heterocycles. The fourth-order valence-corrected chi connectivity index (χ4v) is 2.70. The van der Waals surface area contributed by atoms with Crippen molar-refractivity contribution in [2.45, 2.75) is 6.92 Å². The number of rotatable bonds is 1. The average molecular weight is 275 g/mol. The highest BCUT2D eigenvalue weighted by Crippen LogP contribution is 2.25. The van der Waals surface area contributed by atoms with Gasteiger partial charge in [0.25, 0.3) is 0 Å². The van der Waals surface area contributed by atoms with E-state index in [0.717, 1.165) is 27.5 Å². The van der Waals surface area contributed by atoms with Crippen LogP contribution in [0.5, 0.6) is 0 Å². The van der Waals surface area contributed by atoms with Crippen LogP contribution in [-0.2, 0) is 0 Å².